The zero-order valence-electron chi connectivity index (χ0n) is 30.2. The summed E-state index contributed by atoms with van der Waals surface area (Å²) in [6.07, 6.45) is 18.5. The molecule has 0 aromatic carbocycles. The smallest absolute Gasteiger partial charge is 0.302 e. The molecule has 0 heterocycles. The number of carbonyl (C=O) groups is 2. The SMILES string of the molecule is C=C(C)[C@@H]1CC[C@]2(C(=O)NCCCCCCCCN)CC[C@]3(C)[C@H](CCC4[C@@]5(C)CC[C@H](OC(C)=O)C(C)(C)[C@@H]5CC[C@]43C)[C@@H]12. The van der Waals surface area contributed by atoms with E-state index in [0.717, 1.165) is 58.0 Å². The first-order valence-electron chi connectivity index (χ1n) is 19.0. The van der Waals surface area contributed by atoms with E-state index >= 15 is 0 Å². The number of nitrogens with one attached hydrogen (secondary N) is 1. The average molecular weight is 625 g/mol. The molecule has 0 aromatic rings. The predicted molar refractivity (Wildman–Crippen MR) is 184 cm³/mol. The van der Waals surface area contributed by atoms with E-state index in [1.54, 1.807) is 6.92 Å². The van der Waals surface area contributed by atoms with Crippen LogP contribution < -0.4 is 11.1 Å². The fraction of sp³-hybridized carbons (Fsp3) is 0.900. The van der Waals surface area contributed by atoms with Gasteiger partial charge < -0.3 is 15.8 Å². The van der Waals surface area contributed by atoms with Gasteiger partial charge in [-0.05, 0) is 136 Å². The number of carbonyl (C=O) groups excluding carboxylic acids is 2. The number of fused-ring (bicyclic) bond motifs is 7. The zero-order chi connectivity index (χ0) is 32.8. The van der Waals surface area contributed by atoms with E-state index in [9.17, 15) is 9.59 Å². The van der Waals surface area contributed by atoms with Crippen LogP contribution in [0.2, 0.25) is 0 Å². The first kappa shape index (κ1) is 35.0. The van der Waals surface area contributed by atoms with Crippen molar-refractivity contribution in [2.75, 3.05) is 13.1 Å². The third-order valence-corrected chi connectivity index (χ3v) is 15.7. The quantitative estimate of drug-likeness (QED) is 0.137. The minimum atomic E-state index is -0.233. The van der Waals surface area contributed by atoms with Gasteiger partial charge in [-0.3, -0.25) is 9.59 Å². The molecule has 0 aromatic heterocycles. The lowest BCUT2D eigenvalue weighted by molar-refractivity contribution is -0.248. The third-order valence-electron chi connectivity index (χ3n) is 15.7. The molecule has 5 nitrogen and oxygen atoms in total. The highest BCUT2D eigenvalue weighted by Gasteiger charge is 2.72. The summed E-state index contributed by atoms with van der Waals surface area (Å²) in [6, 6.07) is 0. The number of esters is 1. The Kier molecular flexibility index (Phi) is 10.0. The number of hydrogen-bond acceptors (Lipinski definition) is 4. The van der Waals surface area contributed by atoms with Crippen molar-refractivity contribution in [3.05, 3.63) is 12.2 Å². The molecule has 1 unspecified atom stereocenters. The van der Waals surface area contributed by atoms with Crippen LogP contribution in [0.5, 0.6) is 0 Å². The molecule has 0 saturated heterocycles. The van der Waals surface area contributed by atoms with E-state index in [1.165, 1.54) is 63.4 Å². The van der Waals surface area contributed by atoms with Gasteiger partial charge in [-0.25, -0.2) is 0 Å². The van der Waals surface area contributed by atoms with Crippen LogP contribution in [0, 0.1) is 56.7 Å². The molecular weight excluding hydrogens is 556 g/mol. The Morgan fingerprint density at radius 1 is 0.778 bits per heavy atom. The van der Waals surface area contributed by atoms with Crippen LogP contribution in [0.1, 0.15) is 151 Å². The first-order valence-corrected chi connectivity index (χ1v) is 19.0. The van der Waals surface area contributed by atoms with Gasteiger partial charge in [-0.2, -0.15) is 0 Å². The summed E-state index contributed by atoms with van der Waals surface area (Å²) in [6.45, 7) is 22.6. The van der Waals surface area contributed by atoms with Gasteiger partial charge in [0.1, 0.15) is 6.10 Å². The minimum absolute atomic E-state index is 0.0153. The number of amides is 1. The van der Waals surface area contributed by atoms with Crippen LogP contribution in [-0.4, -0.2) is 31.1 Å². The fourth-order valence-corrected chi connectivity index (χ4v) is 13.3. The van der Waals surface area contributed by atoms with Crippen molar-refractivity contribution in [3.8, 4) is 0 Å². The maximum absolute atomic E-state index is 14.3. The van der Waals surface area contributed by atoms with Gasteiger partial charge in [0.25, 0.3) is 0 Å². The number of hydrogen-bond donors (Lipinski definition) is 2. The van der Waals surface area contributed by atoms with Crippen LogP contribution in [0.15, 0.2) is 12.2 Å². The number of unbranched alkanes of at least 4 members (excludes halogenated alkanes) is 5. The summed E-state index contributed by atoms with van der Waals surface area (Å²) in [5.41, 5.74) is 7.41. The first-order chi connectivity index (χ1) is 21.2. The highest BCUT2D eigenvalue weighted by molar-refractivity contribution is 5.83. The molecule has 5 saturated carbocycles. The maximum atomic E-state index is 14.3. The number of allylic oxidation sites excluding steroid dienone is 1. The van der Waals surface area contributed by atoms with Gasteiger partial charge >= 0.3 is 5.97 Å². The summed E-state index contributed by atoms with van der Waals surface area (Å²) in [5, 5.41) is 3.50. The second kappa shape index (κ2) is 12.9. The third kappa shape index (κ3) is 5.65. The summed E-state index contributed by atoms with van der Waals surface area (Å²) >= 11 is 0. The topological polar surface area (TPSA) is 81.4 Å². The van der Waals surface area contributed by atoms with Gasteiger partial charge in [0.2, 0.25) is 5.91 Å². The van der Waals surface area contributed by atoms with Gasteiger partial charge in [0, 0.05) is 18.9 Å². The molecule has 10 atom stereocenters. The standard InChI is InChI=1S/C40H68N2O3/c1-27(2)29-17-22-40(35(44)42-26-14-12-10-9-11-13-25-41)24-23-38(7)30(34(29)40)15-16-32-37(6)20-19-33(45-28(3)43)36(4,5)31(37)18-21-39(32,38)8/h29-34H,1,9-26,41H2,2-8H3,(H,42,44)/t29-,30+,31-,32?,33-,34+,37-,38+,39+,40-/m0/s1. The molecule has 5 aliphatic carbocycles. The predicted octanol–water partition coefficient (Wildman–Crippen LogP) is 8.99. The van der Waals surface area contributed by atoms with Crippen molar-refractivity contribution in [3.63, 3.8) is 0 Å². The maximum Gasteiger partial charge on any atom is 0.302 e. The van der Waals surface area contributed by atoms with Crippen molar-refractivity contribution in [2.24, 2.45) is 62.4 Å². The van der Waals surface area contributed by atoms with E-state index in [1.807, 2.05) is 0 Å². The normalized spacial score (nSPS) is 43.3. The van der Waals surface area contributed by atoms with Gasteiger partial charge in [-0.15, -0.1) is 0 Å². The number of nitrogens with two attached hydrogens (primary N) is 1. The lowest BCUT2D eigenvalue weighted by atomic mass is 9.32. The van der Waals surface area contributed by atoms with Crippen LogP contribution >= 0.6 is 0 Å². The van der Waals surface area contributed by atoms with E-state index in [0.29, 0.717) is 35.5 Å². The van der Waals surface area contributed by atoms with Crippen LogP contribution in [0.4, 0.5) is 0 Å². The minimum Gasteiger partial charge on any atom is -0.462 e. The summed E-state index contributed by atoms with van der Waals surface area (Å²) in [4.78, 5) is 26.3. The highest BCUT2D eigenvalue weighted by Crippen LogP contribution is 2.77. The number of ether oxygens (including phenoxy) is 1. The van der Waals surface area contributed by atoms with Gasteiger partial charge in [-0.1, -0.05) is 72.5 Å². The molecule has 5 aliphatic rings. The fourth-order valence-electron chi connectivity index (χ4n) is 13.3. The second-order valence-electron chi connectivity index (χ2n) is 18.0. The van der Waals surface area contributed by atoms with Crippen molar-refractivity contribution >= 4 is 11.9 Å². The molecule has 5 rings (SSSR count). The Bertz CT molecular complexity index is 1120. The van der Waals surface area contributed by atoms with Crippen molar-refractivity contribution in [1.29, 1.82) is 0 Å². The highest BCUT2D eigenvalue weighted by atomic mass is 16.5. The Labute approximate surface area is 276 Å². The lowest BCUT2D eigenvalue weighted by Crippen LogP contribution is -2.67. The summed E-state index contributed by atoms with van der Waals surface area (Å²) in [5.74, 6) is 2.87. The van der Waals surface area contributed by atoms with Crippen LogP contribution in [0.25, 0.3) is 0 Å². The zero-order valence-corrected chi connectivity index (χ0v) is 30.2. The summed E-state index contributed by atoms with van der Waals surface area (Å²) < 4.78 is 5.95. The van der Waals surface area contributed by atoms with E-state index in [4.69, 9.17) is 10.5 Å². The molecule has 0 bridgehead atoms. The Morgan fingerprint density at radius 2 is 1.47 bits per heavy atom. The van der Waals surface area contributed by atoms with E-state index in [-0.39, 0.29) is 39.1 Å². The molecule has 1 amide bonds. The average Bonchev–Trinajstić information content (AvgIpc) is 3.37. The molecule has 0 aliphatic heterocycles. The monoisotopic (exact) mass is 625 g/mol. The lowest BCUT2D eigenvalue weighted by Gasteiger charge is -2.72. The van der Waals surface area contributed by atoms with Crippen LogP contribution in [-0.2, 0) is 14.3 Å². The van der Waals surface area contributed by atoms with Gasteiger partial charge in [0.15, 0.2) is 0 Å². The van der Waals surface area contributed by atoms with Gasteiger partial charge in [0.05, 0.1) is 5.41 Å². The Morgan fingerprint density at radius 3 is 2.13 bits per heavy atom. The van der Waals surface area contributed by atoms with Crippen LogP contribution in [0.3, 0.4) is 0 Å². The second-order valence-corrected chi connectivity index (χ2v) is 18.0. The van der Waals surface area contributed by atoms with Crippen molar-refractivity contribution in [2.45, 2.75) is 157 Å². The Balaban J connectivity index is 1.36. The largest absolute Gasteiger partial charge is 0.462 e. The number of rotatable bonds is 11. The molecule has 5 heteroatoms. The van der Waals surface area contributed by atoms with E-state index in [2.05, 4.69) is 53.4 Å². The molecular formula is C40H68N2O3. The molecule has 5 fully saturated rings. The Hall–Kier alpha value is -1.36. The molecule has 0 spiro atoms. The summed E-state index contributed by atoms with van der Waals surface area (Å²) in [7, 11) is 0. The van der Waals surface area contributed by atoms with Crippen molar-refractivity contribution in [1.82, 2.24) is 5.32 Å². The molecule has 3 N–H and O–H groups in total. The van der Waals surface area contributed by atoms with Crippen molar-refractivity contribution < 1.29 is 14.3 Å². The molecule has 45 heavy (non-hydrogen) atoms. The molecule has 0 radical (unpaired) electrons. The molecule has 256 valence electrons. The van der Waals surface area contributed by atoms with E-state index < -0.39 is 0 Å².